The molecule has 1 heterocycles. The molecule has 2 heteroatoms. The zero-order valence-corrected chi connectivity index (χ0v) is 8.23. The number of aliphatic hydroxyl groups excluding tert-OH is 1. The first kappa shape index (κ1) is 9.69. The minimum absolute atomic E-state index is 0.235. The Kier molecular flexibility index (Phi) is 3.17. The topological polar surface area (TPSA) is 29.5 Å². The van der Waals surface area contributed by atoms with Gasteiger partial charge in [0.05, 0.1) is 12.7 Å². The summed E-state index contributed by atoms with van der Waals surface area (Å²) in [7, 11) is 0. The van der Waals surface area contributed by atoms with Gasteiger partial charge >= 0.3 is 0 Å². The lowest BCUT2D eigenvalue weighted by Gasteiger charge is -2.28. The van der Waals surface area contributed by atoms with Gasteiger partial charge in [-0.05, 0) is 18.4 Å². The van der Waals surface area contributed by atoms with Crippen LogP contribution in [0.3, 0.4) is 0 Å². The second-order valence-corrected chi connectivity index (χ2v) is 3.86. The van der Waals surface area contributed by atoms with E-state index in [2.05, 4.69) is 12.1 Å². The minimum Gasteiger partial charge on any atom is -0.396 e. The summed E-state index contributed by atoms with van der Waals surface area (Å²) in [5.74, 6) is 0.343. The Bertz CT molecular complexity index is 263. The first-order valence-corrected chi connectivity index (χ1v) is 5.17. The molecule has 1 N–H and O–H groups in total. The lowest BCUT2D eigenvalue weighted by atomic mass is 9.95. The normalized spacial score (nSPS) is 27.5. The Morgan fingerprint density at radius 2 is 2.00 bits per heavy atom. The van der Waals surface area contributed by atoms with Gasteiger partial charge in [-0.2, -0.15) is 0 Å². The lowest BCUT2D eigenvalue weighted by molar-refractivity contribution is -0.0314. The first-order valence-electron chi connectivity index (χ1n) is 5.17. The molecule has 14 heavy (non-hydrogen) atoms. The van der Waals surface area contributed by atoms with Gasteiger partial charge in [-0.25, -0.2) is 0 Å². The quantitative estimate of drug-likeness (QED) is 0.778. The molecular formula is C12H16O2. The molecule has 0 unspecified atom stereocenters. The van der Waals surface area contributed by atoms with Gasteiger partial charge in [0.1, 0.15) is 0 Å². The highest BCUT2D eigenvalue weighted by atomic mass is 16.5. The summed E-state index contributed by atoms with van der Waals surface area (Å²) < 4.78 is 5.71. The molecule has 2 nitrogen and oxygen atoms in total. The maximum absolute atomic E-state index is 8.97. The molecule has 0 saturated carbocycles. The van der Waals surface area contributed by atoms with Crippen molar-refractivity contribution in [1.82, 2.24) is 0 Å². The van der Waals surface area contributed by atoms with Crippen LogP contribution in [-0.2, 0) is 4.74 Å². The summed E-state index contributed by atoms with van der Waals surface area (Å²) in [6.45, 7) is 0.942. The van der Waals surface area contributed by atoms with E-state index < -0.39 is 0 Å². The molecule has 1 aliphatic heterocycles. The summed E-state index contributed by atoms with van der Waals surface area (Å²) in [6.07, 6.45) is 2.32. The molecule has 0 aromatic heterocycles. The van der Waals surface area contributed by atoms with Crippen molar-refractivity contribution in [2.75, 3.05) is 13.2 Å². The molecule has 2 atom stereocenters. The van der Waals surface area contributed by atoms with Crippen molar-refractivity contribution in [1.29, 1.82) is 0 Å². The Labute approximate surface area is 84.5 Å². The Hall–Kier alpha value is -0.860. The van der Waals surface area contributed by atoms with Gasteiger partial charge in [0, 0.05) is 12.5 Å². The lowest BCUT2D eigenvalue weighted by Crippen LogP contribution is -2.23. The van der Waals surface area contributed by atoms with Crippen LogP contribution in [0.5, 0.6) is 0 Å². The summed E-state index contributed by atoms with van der Waals surface area (Å²) in [6, 6.07) is 10.3. The van der Waals surface area contributed by atoms with E-state index in [4.69, 9.17) is 9.84 Å². The number of hydrogen-bond donors (Lipinski definition) is 1. The molecule has 0 radical (unpaired) electrons. The third kappa shape index (κ3) is 2.14. The van der Waals surface area contributed by atoms with Gasteiger partial charge in [0.15, 0.2) is 0 Å². The Morgan fingerprint density at radius 1 is 1.21 bits per heavy atom. The first-order chi connectivity index (χ1) is 6.90. The van der Waals surface area contributed by atoms with Crippen LogP contribution in [-0.4, -0.2) is 18.3 Å². The van der Waals surface area contributed by atoms with E-state index in [9.17, 15) is 0 Å². The second kappa shape index (κ2) is 4.58. The van der Waals surface area contributed by atoms with Crippen molar-refractivity contribution in [3.8, 4) is 0 Å². The second-order valence-electron chi connectivity index (χ2n) is 3.86. The van der Waals surface area contributed by atoms with Crippen molar-refractivity contribution in [2.45, 2.75) is 18.9 Å². The van der Waals surface area contributed by atoms with Crippen LogP contribution in [0.1, 0.15) is 24.5 Å². The van der Waals surface area contributed by atoms with Crippen LogP contribution < -0.4 is 0 Å². The molecule has 1 aliphatic rings. The summed E-state index contributed by atoms with van der Waals surface area (Å²) in [5.41, 5.74) is 1.25. The third-order valence-corrected chi connectivity index (χ3v) is 2.80. The van der Waals surface area contributed by atoms with Crippen molar-refractivity contribution in [2.24, 2.45) is 5.92 Å². The van der Waals surface area contributed by atoms with Crippen molar-refractivity contribution >= 4 is 0 Å². The Morgan fingerprint density at radius 3 is 2.57 bits per heavy atom. The van der Waals surface area contributed by atoms with E-state index in [0.29, 0.717) is 12.5 Å². The summed E-state index contributed by atoms with van der Waals surface area (Å²) in [5, 5.41) is 8.97. The fourth-order valence-corrected chi connectivity index (χ4v) is 1.88. The molecule has 0 amide bonds. The van der Waals surface area contributed by atoms with E-state index >= 15 is 0 Å². The van der Waals surface area contributed by atoms with Crippen molar-refractivity contribution in [3.05, 3.63) is 35.9 Å². The highest BCUT2D eigenvalue weighted by Gasteiger charge is 2.21. The minimum atomic E-state index is 0.235. The fraction of sp³-hybridized carbons (Fsp3) is 0.500. The largest absolute Gasteiger partial charge is 0.396 e. The molecule has 1 aromatic rings. The fourth-order valence-electron chi connectivity index (χ4n) is 1.88. The van der Waals surface area contributed by atoms with E-state index in [1.54, 1.807) is 0 Å². The average molecular weight is 192 g/mol. The summed E-state index contributed by atoms with van der Waals surface area (Å²) in [4.78, 5) is 0. The number of rotatable bonds is 2. The average Bonchev–Trinajstić information content (AvgIpc) is 2.30. The standard InChI is InChI=1S/C12H16O2/c13-8-10-6-7-12(14-9-10)11-4-2-1-3-5-11/h1-5,10,12-13H,6-9H2/t10-,12+/m0/s1. The molecule has 1 saturated heterocycles. The highest BCUT2D eigenvalue weighted by Crippen LogP contribution is 2.29. The summed E-state index contributed by atoms with van der Waals surface area (Å²) >= 11 is 0. The highest BCUT2D eigenvalue weighted by molar-refractivity contribution is 5.17. The van der Waals surface area contributed by atoms with E-state index in [1.807, 2.05) is 18.2 Å². The number of aliphatic hydroxyl groups is 1. The Balaban J connectivity index is 1.96. The van der Waals surface area contributed by atoms with E-state index in [-0.39, 0.29) is 12.7 Å². The van der Waals surface area contributed by atoms with Crippen molar-refractivity contribution < 1.29 is 9.84 Å². The third-order valence-electron chi connectivity index (χ3n) is 2.80. The molecule has 0 bridgehead atoms. The molecule has 1 aromatic carbocycles. The van der Waals surface area contributed by atoms with Gasteiger partial charge in [-0.1, -0.05) is 30.3 Å². The van der Waals surface area contributed by atoms with Crippen LogP contribution in [0.25, 0.3) is 0 Å². The van der Waals surface area contributed by atoms with Gasteiger partial charge in [-0.15, -0.1) is 0 Å². The van der Waals surface area contributed by atoms with Crippen LogP contribution in [0.4, 0.5) is 0 Å². The molecule has 0 spiro atoms. The molecule has 2 rings (SSSR count). The predicted molar refractivity (Wildman–Crippen MR) is 54.9 cm³/mol. The zero-order chi connectivity index (χ0) is 9.80. The number of hydrogen-bond acceptors (Lipinski definition) is 2. The molecule has 76 valence electrons. The van der Waals surface area contributed by atoms with Crippen LogP contribution in [0, 0.1) is 5.92 Å². The van der Waals surface area contributed by atoms with Crippen molar-refractivity contribution in [3.63, 3.8) is 0 Å². The van der Waals surface area contributed by atoms with Crippen LogP contribution >= 0.6 is 0 Å². The molecule has 0 aliphatic carbocycles. The monoisotopic (exact) mass is 192 g/mol. The maximum Gasteiger partial charge on any atom is 0.0825 e. The zero-order valence-electron chi connectivity index (χ0n) is 8.23. The van der Waals surface area contributed by atoms with E-state index in [0.717, 1.165) is 12.8 Å². The smallest absolute Gasteiger partial charge is 0.0825 e. The van der Waals surface area contributed by atoms with Crippen LogP contribution in [0.15, 0.2) is 30.3 Å². The van der Waals surface area contributed by atoms with Gasteiger partial charge in [0.25, 0.3) is 0 Å². The van der Waals surface area contributed by atoms with E-state index in [1.165, 1.54) is 5.56 Å². The van der Waals surface area contributed by atoms with Crippen LogP contribution in [0.2, 0.25) is 0 Å². The SMILES string of the molecule is OC[C@@H]1CC[C@H](c2ccccc2)OC1. The number of benzene rings is 1. The van der Waals surface area contributed by atoms with Gasteiger partial charge < -0.3 is 9.84 Å². The molecule has 1 fully saturated rings. The predicted octanol–water partition coefficient (Wildman–Crippen LogP) is 2.15. The molecular weight excluding hydrogens is 176 g/mol. The number of ether oxygens (including phenoxy) is 1. The maximum atomic E-state index is 8.97. The van der Waals surface area contributed by atoms with Gasteiger partial charge in [0.2, 0.25) is 0 Å². The van der Waals surface area contributed by atoms with Gasteiger partial charge in [-0.3, -0.25) is 0 Å².